The van der Waals surface area contributed by atoms with Crippen molar-refractivity contribution in [3.8, 4) is 6.07 Å². The van der Waals surface area contributed by atoms with Crippen LogP contribution in [-0.2, 0) is 6.18 Å². The Kier molecular flexibility index (Phi) is 4.32. The standard InChI is InChI=1S/C12H11F3N2O/c1-2-17(8-7-16)11(18)9-3-5-10(6-4-9)12(13,14)15/h3-6H,2,8H2,1H3. The summed E-state index contributed by atoms with van der Waals surface area (Å²) in [7, 11) is 0. The summed E-state index contributed by atoms with van der Waals surface area (Å²) >= 11 is 0. The zero-order valence-corrected chi connectivity index (χ0v) is 9.66. The molecule has 0 aliphatic heterocycles. The molecule has 0 saturated carbocycles. The van der Waals surface area contributed by atoms with Crippen LogP contribution in [0.2, 0.25) is 0 Å². The molecule has 0 N–H and O–H groups in total. The number of carbonyl (C=O) groups excluding carboxylic acids is 1. The van der Waals surface area contributed by atoms with Gasteiger partial charge in [-0.05, 0) is 31.2 Å². The first-order valence-corrected chi connectivity index (χ1v) is 5.23. The van der Waals surface area contributed by atoms with Crippen LogP contribution in [-0.4, -0.2) is 23.9 Å². The van der Waals surface area contributed by atoms with E-state index in [1.165, 1.54) is 4.90 Å². The van der Waals surface area contributed by atoms with Crippen LogP contribution >= 0.6 is 0 Å². The van der Waals surface area contributed by atoms with Gasteiger partial charge in [-0.2, -0.15) is 18.4 Å². The number of amides is 1. The minimum atomic E-state index is -4.42. The van der Waals surface area contributed by atoms with E-state index >= 15 is 0 Å². The first-order valence-electron chi connectivity index (χ1n) is 5.23. The average molecular weight is 256 g/mol. The molecule has 0 heterocycles. The third-order valence-corrected chi connectivity index (χ3v) is 2.39. The fourth-order valence-corrected chi connectivity index (χ4v) is 1.40. The van der Waals surface area contributed by atoms with Crippen LogP contribution in [0.15, 0.2) is 24.3 Å². The molecule has 3 nitrogen and oxygen atoms in total. The molecule has 0 unspecified atom stereocenters. The topological polar surface area (TPSA) is 44.1 Å². The first-order chi connectivity index (χ1) is 8.40. The summed E-state index contributed by atoms with van der Waals surface area (Å²) in [5.41, 5.74) is -0.664. The van der Waals surface area contributed by atoms with Gasteiger partial charge in [0.25, 0.3) is 5.91 Å². The Labute approximate surface area is 102 Å². The number of benzene rings is 1. The Bertz CT molecular complexity index is 460. The Morgan fingerprint density at radius 3 is 2.28 bits per heavy atom. The fraction of sp³-hybridized carbons (Fsp3) is 0.333. The number of nitrogens with zero attached hydrogens (tertiary/aromatic N) is 2. The van der Waals surface area contributed by atoms with E-state index in [1.807, 2.05) is 6.07 Å². The predicted octanol–water partition coefficient (Wildman–Crippen LogP) is 2.69. The van der Waals surface area contributed by atoms with Gasteiger partial charge in [0, 0.05) is 12.1 Å². The van der Waals surface area contributed by atoms with E-state index in [1.54, 1.807) is 6.92 Å². The highest BCUT2D eigenvalue weighted by Crippen LogP contribution is 2.29. The Hall–Kier alpha value is -2.03. The van der Waals surface area contributed by atoms with E-state index in [4.69, 9.17) is 5.26 Å². The average Bonchev–Trinajstić information content (AvgIpc) is 2.34. The molecule has 96 valence electrons. The summed E-state index contributed by atoms with van der Waals surface area (Å²) < 4.78 is 37.0. The molecule has 1 aromatic rings. The molecule has 0 aliphatic rings. The number of nitriles is 1. The van der Waals surface area contributed by atoms with Gasteiger partial charge in [-0.15, -0.1) is 0 Å². The summed E-state index contributed by atoms with van der Waals surface area (Å²) in [6.07, 6.45) is -4.42. The Morgan fingerprint density at radius 2 is 1.89 bits per heavy atom. The van der Waals surface area contributed by atoms with E-state index < -0.39 is 17.6 Å². The summed E-state index contributed by atoms with van der Waals surface area (Å²) in [4.78, 5) is 13.1. The Balaban J connectivity index is 2.92. The summed E-state index contributed by atoms with van der Waals surface area (Å²) in [6.45, 7) is 1.93. The molecule has 0 spiro atoms. The first kappa shape index (κ1) is 14.0. The van der Waals surface area contributed by atoms with E-state index in [2.05, 4.69) is 0 Å². The van der Waals surface area contributed by atoms with Gasteiger partial charge in [0.15, 0.2) is 0 Å². The molecule has 0 bridgehead atoms. The number of halogens is 3. The Morgan fingerprint density at radius 1 is 1.33 bits per heavy atom. The minimum Gasteiger partial charge on any atom is -0.326 e. The molecule has 0 saturated heterocycles. The van der Waals surface area contributed by atoms with Crippen LogP contribution < -0.4 is 0 Å². The molecule has 0 atom stereocenters. The van der Waals surface area contributed by atoms with Gasteiger partial charge < -0.3 is 4.90 Å². The molecule has 0 aliphatic carbocycles. The number of hydrogen-bond donors (Lipinski definition) is 0. The number of carbonyl (C=O) groups is 1. The van der Waals surface area contributed by atoms with Crippen molar-refractivity contribution in [1.82, 2.24) is 4.90 Å². The molecule has 1 rings (SSSR count). The molecule has 0 radical (unpaired) electrons. The molecule has 1 aromatic carbocycles. The van der Waals surface area contributed by atoms with Crippen LogP contribution in [0.5, 0.6) is 0 Å². The minimum absolute atomic E-state index is 0.0869. The monoisotopic (exact) mass is 256 g/mol. The highest BCUT2D eigenvalue weighted by molar-refractivity contribution is 5.94. The summed E-state index contributed by atoms with van der Waals surface area (Å²) in [6, 6.07) is 5.77. The maximum Gasteiger partial charge on any atom is 0.416 e. The van der Waals surface area contributed by atoms with Crippen molar-refractivity contribution in [3.05, 3.63) is 35.4 Å². The predicted molar refractivity (Wildman–Crippen MR) is 58.6 cm³/mol. The second-order valence-electron chi connectivity index (χ2n) is 3.55. The third-order valence-electron chi connectivity index (χ3n) is 2.39. The van der Waals surface area contributed by atoms with Gasteiger partial charge in [0.05, 0.1) is 11.6 Å². The van der Waals surface area contributed by atoms with Crippen molar-refractivity contribution in [1.29, 1.82) is 5.26 Å². The van der Waals surface area contributed by atoms with Gasteiger partial charge in [0.1, 0.15) is 6.54 Å². The SMILES string of the molecule is CCN(CC#N)C(=O)c1ccc(C(F)(F)F)cc1. The van der Waals surface area contributed by atoms with Gasteiger partial charge >= 0.3 is 6.18 Å². The molecule has 0 fully saturated rings. The normalized spacial score (nSPS) is 10.8. The van der Waals surface area contributed by atoms with Gasteiger partial charge in [-0.3, -0.25) is 4.79 Å². The highest BCUT2D eigenvalue weighted by Gasteiger charge is 2.30. The summed E-state index contributed by atoms with van der Waals surface area (Å²) in [5, 5.41) is 8.52. The molecule has 6 heteroatoms. The van der Waals surface area contributed by atoms with E-state index in [0.29, 0.717) is 6.54 Å². The lowest BCUT2D eigenvalue weighted by atomic mass is 10.1. The number of alkyl halides is 3. The lowest BCUT2D eigenvalue weighted by Gasteiger charge is -2.17. The van der Waals surface area contributed by atoms with Gasteiger partial charge in [-0.25, -0.2) is 0 Å². The molecule has 0 aromatic heterocycles. The van der Waals surface area contributed by atoms with E-state index in [0.717, 1.165) is 24.3 Å². The van der Waals surface area contributed by atoms with Crippen molar-refractivity contribution in [2.75, 3.05) is 13.1 Å². The van der Waals surface area contributed by atoms with Crippen LogP contribution in [0.3, 0.4) is 0 Å². The zero-order valence-electron chi connectivity index (χ0n) is 9.66. The maximum atomic E-state index is 12.3. The molecular formula is C12H11F3N2O. The van der Waals surface area contributed by atoms with Crippen molar-refractivity contribution in [3.63, 3.8) is 0 Å². The lowest BCUT2D eigenvalue weighted by Crippen LogP contribution is -2.31. The van der Waals surface area contributed by atoms with Gasteiger partial charge in [0.2, 0.25) is 0 Å². The zero-order chi connectivity index (χ0) is 13.8. The van der Waals surface area contributed by atoms with Gasteiger partial charge in [-0.1, -0.05) is 0 Å². The van der Waals surface area contributed by atoms with E-state index in [9.17, 15) is 18.0 Å². The largest absolute Gasteiger partial charge is 0.416 e. The smallest absolute Gasteiger partial charge is 0.326 e. The van der Waals surface area contributed by atoms with E-state index in [-0.39, 0.29) is 12.1 Å². The second-order valence-corrected chi connectivity index (χ2v) is 3.55. The quantitative estimate of drug-likeness (QED) is 0.780. The molecular weight excluding hydrogens is 245 g/mol. The molecule has 1 amide bonds. The van der Waals surface area contributed by atoms with Crippen LogP contribution in [0.25, 0.3) is 0 Å². The van der Waals surface area contributed by atoms with Crippen molar-refractivity contribution in [2.45, 2.75) is 13.1 Å². The fourth-order valence-electron chi connectivity index (χ4n) is 1.40. The lowest BCUT2D eigenvalue weighted by molar-refractivity contribution is -0.137. The van der Waals surface area contributed by atoms with Crippen molar-refractivity contribution in [2.24, 2.45) is 0 Å². The van der Waals surface area contributed by atoms with Crippen molar-refractivity contribution >= 4 is 5.91 Å². The third kappa shape index (κ3) is 3.23. The van der Waals surface area contributed by atoms with Crippen LogP contribution in [0.1, 0.15) is 22.8 Å². The van der Waals surface area contributed by atoms with Crippen LogP contribution in [0.4, 0.5) is 13.2 Å². The summed E-state index contributed by atoms with van der Waals surface area (Å²) in [5.74, 6) is -0.451. The number of rotatable bonds is 3. The number of hydrogen-bond acceptors (Lipinski definition) is 2. The van der Waals surface area contributed by atoms with Crippen LogP contribution in [0, 0.1) is 11.3 Å². The maximum absolute atomic E-state index is 12.3. The highest BCUT2D eigenvalue weighted by atomic mass is 19.4. The molecule has 18 heavy (non-hydrogen) atoms. The van der Waals surface area contributed by atoms with Crippen molar-refractivity contribution < 1.29 is 18.0 Å². The second kappa shape index (κ2) is 5.54.